The summed E-state index contributed by atoms with van der Waals surface area (Å²) in [5.41, 5.74) is -1.91. The minimum absolute atomic E-state index is 0.0342. The summed E-state index contributed by atoms with van der Waals surface area (Å²) in [6.45, 7) is 6.92. The van der Waals surface area contributed by atoms with E-state index in [2.05, 4.69) is 13.2 Å². The molecule has 0 radical (unpaired) electrons. The highest BCUT2D eigenvalue weighted by Crippen LogP contribution is 2.24. The van der Waals surface area contributed by atoms with Crippen molar-refractivity contribution in [3.05, 3.63) is 64.8 Å². The maximum atomic E-state index is 13.9. The molecule has 0 N–H and O–H groups in total. The normalized spacial score (nSPS) is 9.90. The van der Waals surface area contributed by atoms with Crippen molar-refractivity contribution in [1.29, 1.82) is 0 Å². The van der Waals surface area contributed by atoms with E-state index in [4.69, 9.17) is 0 Å². The van der Waals surface area contributed by atoms with E-state index in [0.29, 0.717) is 12.1 Å². The average molecular weight is 282 g/mol. The van der Waals surface area contributed by atoms with Gasteiger partial charge in [-0.15, -0.1) is 13.2 Å². The molecule has 0 saturated heterocycles. The zero-order chi connectivity index (χ0) is 15.3. The Morgan fingerprint density at radius 3 is 2.30 bits per heavy atom. The molecule has 0 aliphatic rings. The van der Waals surface area contributed by atoms with Crippen LogP contribution in [0, 0.1) is 21.7 Å². The first kappa shape index (κ1) is 15.5. The molecule has 5 nitrogen and oxygen atoms in total. The summed E-state index contributed by atoms with van der Waals surface area (Å²) in [6.07, 6.45) is 2.74. The Hall–Kier alpha value is -2.57. The third kappa shape index (κ3) is 3.05. The number of carbonyl (C=O) groups is 1. The molecule has 0 spiro atoms. The Morgan fingerprint density at radius 1 is 1.30 bits per heavy atom. The maximum Gasteiger partial charge on any atom is 0.305 e. The lowest BCUT2D eigenvalue weighted by Gasteiger charge is -2.19. The van der Waals surface area contributed by atoms with Crippen molar-refractivity contribution in [3.8, 4) is 0 Å². The van der Waals surface area contributed by atoms with Crippen molar-refractivity contribution in [2.24, 2.45) is 0 Å². The number of amides is 1. The van der Waals surface area contributed by atoms with Crippen molar-refractivity contribution < 1.29 is 18.5 Å². The standard InChI is InChI=1S/C13H12F2N2O3/c1-3-7-16(8-4-2)13(18)11-9(14)5-6-10(12(11)15)17(19)20/h3-6H,1-2,7-8H2. The van der Waals surface area contributed by atoms with Crippen molar-refractivity contribution >= 4 is 11.6 Å². The first-order chi connectivity index (χ1) is 9.43. The van der Waals surface area contributed by atoms with Gasteiger partial charge in [-0.3, -0.25) is 14.9 Å². The summed E-state index contributed by atoms with van der Waals surface area (Å²) in [5, 5.41) is 10.6. The largest absolute Gasteiger partial charge is 0.331 e. The SMILES string of the molecule is C=CCN(CC=C)C(=O)c1c(F)ccc([N+](=O)[O-])c1F. The minimum atomic E-state index is -1.49. The fourth-order valence-corrected chi connectivity index (χ4v) is 1.59. The predicted octanol–water partition coefficient (Wildman–Crippen LogP) is 2.69. The summed E-state index contributed by atoms with van der Waals surface area (Å²) < 4.78 is 27.5. The molecule has 0 aliphatic carbocycles. The lowest BCUT2D eigenvalue weighted by molar-refractivity contribution is -0.387. The molecule has 1 amide bonds. The molecule has 1 aromatic carbocycles. The second-order valence-electron chi connectivity index (χ2n) is 3.80. The molecule has 0 bridgehead atoms. The van der Waals surface area contributed by atoms with Gasteiger partial charge < -0.3 is 4.90 Å². The van der Waals surface area contributed by atoms with Crippen LogP contribution >= 0.6 is 0 Å². The number of halogens is 2. The molecule has 0 aliphatic heterocycles. The van der Waals surface area contributed by atoms with Gasteiger partial charge in [-0.05, 0) is 6.07 Å². The van der Waals surface area contributed by atoms with Crippen LogP contribution in [0.5, 0.6) is 0 Å². The summed E-state index contributed by atoms with van der Waals surface area (Å²) in [6, 6.07) is 1.36. The molecule has 20 heavy (non-hydrogen) atoms. The molecule has 0 aromatic heterocycles. The van der Waals surface area contributed by atoms with E-state index in [-0.39, 0.29) is 13.1 Å². The fourth-order valence-electron chi connectivity index (χ4n) is 1.59. The topological polar surface area (TPSA) is 63.5 Å². The highest BCUT2D eigenvalue weighted by atomic mass is 19.1. The summed E-state index contributed by atoms with van der Waals surface area (Å²) >= 11 is 0. The molecule has 1 rings (SSSR count). The smallest absolute Gasteiger partial charge is 0.305 e. The van der Waals surface area contributed by atoms with Crippen LogP contribution in [-0.2, 0) is 0 Å². The lowest BCUT2D eigenvalue weighted by Crippen LogP contribution is -2.32. The Bertz CT molecular complexity index is 563. The summed E-state index contributed by atoms with van der Waals surface area (Å²) in [4.78, 5) is 22.7. The van der Waals surface area contributed by atoms with Crippen LogP contribution in [0.25, 0.3) is 0 Å². The Morgan fingerprint density at radius 2 is 1.85 bits per heavy atom. The van der Waals surface area contributed by atoms with E-state index < -0.39 is 33.7 Å². The van der Waals surface area contributed by atoms with Gasteiger partial charge in [0.2, 0.25) is 5.82 Å². The van der Waals surface area contributed by atoms with Gasteiger partial charge in [0.15, 0.2) is 0 Å². The third-order valence-corrected chi connectivity index (χ3v) is 2.47. The Kier molecular flexibility index (Phi) is 5.08. The molecule has 0 fully saturated rings. The second-order valence-corrected chi connectivity index (χ2v) is 3.80. The van der Waals surface area contributed by atoms with Gasteiger partial charge in [-0.2, -0.15) is 4.39 Å². The number of nitro benzene ring substituents is 1. The van der Waals surface area contributed by atoms with Crippen molar-refractivity contribution in [2.45, 2.75) is 0 Å². The molecule has 106 valence electrons. The van der Waals surface area contributed by atoms with Crippen molar-refractivity contribution in [3.63, 3.8) is 0 Å². The van der Waals surface area contributed by atoms with Gasteiger partial charge in [-0.25, -0.2) is 4.39 Å². The minimum Gasteiger partial charge on any atom is -0.331 e. The van der Waals surface area contributed by atoms with Gasteiger partial charge in [0, 0.05) is 19.2 Å². The van der Waals surface area contributed by atoms with E-state index in [9.17, 15) is 23.7 Å². The highest BCUT2D eigenvalue weighted by Gasteiger charge is 2.28. The number of hydrogen-bond acceptors (Lipinski definition) is 3. The van der Waals surface area contributed by atoms with E-state index in [1.165, 1.54) is 12.2 Å². The van der Waals surface area contributed by atoms with Gasteiger partial charge in [0.05, 0.1) is 4.92 Å². The van der Waals surface area contributed by atoms with Crippen LogP contribution in [0.2, 0.25) is 0 Å². The molecular weight excluding hydrogens is 270 g/mol. The first-order valence-corrected chi connectivity index (χ1v) is 5.57. The molecule has 0 heterocycles. The molecular formula is C13H12F2N2O3. The van der Waals surface area contributed by atoms with Crippen LogP contribution in [-0.4, -0.2) is 28.8 Å². The van der Waals surface area contributed by atoms with Crippen molar-refractivity contribution in [2.75, 3.05) is 13.1 Å². The van der Waals surface area contributed by atoms with Gasteiger partial charge >= 0.3 is 5.69 Å². The Labute approximate surface area is 114 Å². The number of nitrogens with zero attached hydrogens (tertiary/aromatic N) is 2. The average Bonchev–Trinajstić information content (AvgIpc) is 2.37. The van der Waals surface area contributed by atoms with E-state index in [1.807, 2.05) is 0 Å². The summed E-state index contributed by atoms with van der Waals surface area (Å²) in [5.74, 6) is -3.64. The molecule has 0 unspecified atom stereocenters. The van der Waals surface area contributed by atoms with Crippen LogP contribution in [0.3, 0.4) is 0 Å². The number of hydrogen-bond donors (Lipinski definition) is 0. The molecule has 7 heteroatoms. The second kappa shape index (κ2) is 6.55. The third-order valence-electron chi connectivity index (χ3n) is 2.47. The predicted molar refractivity (Wildman–Crippen MR) is 69.3 cm³/mol. The van der Waals surface area contributed by atoms with Gasteiger partial charge in [0.1, 0.15) is 11.4 Å². The van der Waals surface area contributed by atoms with Gasteiger partial charge in [0.25, 0.3) is 5.91 Å². The van der Waals surface area contributed by atoms with E-state index in [1.54, 1.807) is 0 Å². The molecule has 0 atom stereocenters. The van der Waals surface area contributed by atoms with Crippen LogP contribution in [0.15, 0.2) is 37.4 Å². The summed E-state index contributed by atoms with van der Waals surface area (Å²) in [7, 11) is 0. The number of nitro groups is 1. The fraction of sp³-hybridized carbons (Fsp3) is 0.154. The van der Waals surface area contributed by atoms with E-state index >= 15 is 0 Å². The quantitative estimate of drug-likeness (QED) is 0.458. The lowest BCUT2D eigenvalue weighted by atomic mass is 10.1. The highest BCUT2D eigenvalue weighted by molar-refractivity contribution is 5.95. The van der Waals surface area contributed by atoms with Crippen LogP contribution in [0.1, 0.15) is 10.4 Å². The molecule has 0 saturated carbocycles. The van der Waals surface area contributed by atoms with E-state index in [0.717, 1.165) is 4.90 Å². The van der Waals surface area contributed by atoms with Crippen molar-refractivity contribution in [1.82, 2.24) is 4.90 Å². The molecule has 1 aromatic rings. The zero-order valence-corrected chi connectivity index (χ0v) is 10.5. The van der Waals surface area contributed by atoms with Gasteiger partial charge in [-0.1, -0.05) is 12.2 Å². The van der Waals surface area contributed by atoms with Crippen LogP contribution in [0.4, 0.5) is 14.5 Å². The first-order valence-electron chi connectivity index (χ1n) is 5.57. The zero-order valence-electron chi connectivity index (χ0n) is 10.5. The number of rotatable bonds is 6. The number of benzene rings is 1. The monoisotopic (exact) mass is 282 g/mol. The van der Waals surface area contributed by atoms with Crippen LogP contribution < -0.4 is 0 Å². The Balaban J connectivity index is 3.32. The number of carbonyl (C=O) groups excluding carboxylic acids is 1. The maximum absolute atomic E-state index is 13.9.